The van der Waals surface area contributed by atoms with Crippen LogP contribution in [-0.4, -0.2) is 45.6 Å². The van der Waals surface area contributed by atoms with Crippen molar-refractivity contribution >= 4 is 12.0 Å². The summed E-state index contributed by atoms with van der Waals surface area (Å²) in [6, 6.07) is 8.26. The molecule has 2 aromatic carbocycles. The molecule has 2 amide bonds. The number of hydrogen-bond donors (Lipinski definition) is 1. The molecule has 1 atom stereocenters. The third-order valence-corrected chi connectivity index (χ3v) is 6.96. The largest absolute Gasteiger partial charge is 0.479 e. The van der Waals surface area contributed by atoms with Crippen LogP contribution in [0.1, 0.15) is 73.1 Å². The predicted octanol–water partition coefficient (Wildman–Crippen LogP) is 5.75. The number of carboxylic acids is 1. The third kappa shape index (κ3) is 4.56. The summed E-state index contributed by atoms with van der Waals surface area (Å²) in [6.45, 7) is 14.4. The summed E-state index contributed by atoms with van der Waals surface area (Å²) in [5.74, 6) is -1.01. The number of amides is 2. The molecule has 1 N–H and O–H groups in total. The summed E-state index contributed by atoms with van der Waals surface area (Å²) >= 11 is 0. The van der Waals surface area contributed by atoms with E-state index >= 15 is 0 Å². The summed E-state index contributed by atoms with van der Waals surface area (Å²) in [7, 11) is 0. The molecule has 1 unspecified atom stereocenters. The van der Waals surface area contributed by atoms with E-state index in [1.54, 1.807) is 0 Å². The van der Waals surface area contributed by atoms with E-state index in [9.17, 15) is 14.7 Å². The van der Waals surface area contributed by atoms with Crippen LogP contribution >= 0.6 is 0 Å². The second-order valence-electron chi connectivity index (χ2n) is 10.6. The number of aryl methyl sites for hydroxylation is 1. The van der Waals surface area contributed by atoms with Gasteiger partial charge in [0.2, 0.25) is 0 Å². The molecule has 2 aliphatic heterocycles. The molecule has 6 heteroatoms. The van der Waals surface area contributed by atoms with Gasteiger partial charge in [-0.15, -0.1) is 0 Å². The summed E-state index contributed by atoms with van der Waals surface area (Å²) in [4.78, 5) is 29.5. The highest BCUT2D eigenvalue weighted by Crippen LogP contribution is 2.43. The number of benzene rings is 2. The Balaban J connectivity index is 1.88. The van der Waals surface area contributed by atoms with Gasteiger partial charge in [0.25, 0.3) is 0 Å². The van der Waals surface area contributed by atoms with E-state index in [0.29, 0.717) is 18.7 Å². The average Bonchev–Trinajstić information content (AvgIpc) is 3.45. The van der Waals surface area contributed by atoms with E-state index < -0.39 is 17.7 Å². The third-order valence-electron chi connectivity index (χ3n) is 6.96. The van der Waals surface area contributed by atoms with Crippen LogP contribution < -0.4 is 0 Å². The number of ether oxygens (including phenoxy) is 1. The van der Waals surface area contributed by atoms with Crippen molar-refractivity contribution < 1.29 is 19.4 Å². The van der Waals surface area contributed by atoms with Crippen molar-refractivity contribution in [2.24, 2.45) is 0 Å². The molecule has 1 fully saturated rings. The highest BCUT2D eigenvalue weighted by Gasteiger charge is 2.37. The molecule has 0 aromatic heterocycles. The fraction of sp³-hybridized carbons (Fsp3) is 0.500. The van der Waals surface area contributed by atoms with Crippen LogP contribution in [0.25, 0.3) is 11.1 Å². The minimum Gasteiger partial charge on any atom is -0.479 e. The number of fused-ring (bicyclic) bond motifs is 1. The molecule has 182 valence electrons. The van der Waals surface area contributed by atoms with Gasteiger partial charge < -0.3 is 19.6 Å². The number of likely N-dealkylation sites (tertiary alicyclic amines) is 1. The maximum absolute atomic E-state index is 13.2. The fourth-order valence-electron chi connectivity index (χ4n) is 5.27. The van der Waals surface area contributed by atoms with E-state index in [0.717, 1.165) is 64.9 Å². The number of rotatable bonds is 4. The Bertz CT molecular complexity index is 1110. The number of urea groups is 1. The van der Waals surface area contributed by atoms with Crippen LogP contribution in [0.2, 0.25) is 0 Å². The Labute approximate surface area is 202 Å². The van der Waals surface area contributed by atoms with Crippen molar-refractivity contribution in [3.63, 3.8) is 0 Å². The molecule has 2 aliphatic rings. The maximum Gasteiger partial charge on any atom is 0.337 e. The number of hydrogen-bond acceptors (Lipinski definition) is 3. The topological polar surface area (TPSA) is 70.1 Å². The second-order valence-corrected chi connectivity index (χ2v) is 10.6. The van der Waals surface area contributed by atoms with Crippen molar-refractivity contribution in [3.8, 4) is 11.1 Å². The van der Waals surface area contributed by atoms with Gasteiger partial charge in [-0.25, -0.2) is 9.59 Å². The smallest absolute Gasteiger partial charge is 0.337 e. The van der Waals surface area contributed by atoms with Crippen molar-refractivity contribution in [1.29, 1.82) is 0 Å². The second kappa shape index (κ2) is 9.06. The predicted molar refractivity (Wildman–Crippen MR) is 133 cm³/mol. The first-order valence-corrected chi connectivity index (χ1v) is 12.1. The molecule has 34 heavy (non-hydrogen) atoms. The minimum absolute atomic E-state index is 0.0756. The zero-order valence-corrected chi connectivity index (χ0v) is 21.2. The van der Waals surface area contributed by atoms with Gasteiger partial charge in [-0.2, -0.15) is 0 Å². The van der Waals surface area contributed by atoms with E-state index in [1.165, 1.54) is 0 Å². The van der Waals surface area contributed by atoms with Crippen LogP contribution in [0, 0.1) is 20.8 Å². The van der Waals surface area contributed by atoms with Gasteiger partial charge in [-0.3, -0.25) is 0 Å². The quantitative estimate of drug-likeness (QED) is 0.625. The Morgan fingerprint density at radius 3 is 2.00 bits per heavy atom. The lowest BCUT2D eigenvalue weighted by Gasteiger charge is -2.29. The Kier molecular flexibility index (Phi) is 6.47. The zero-order valence-electron chi connectivity index (χ0n) is 21.2. The number of carboxylic acid groups (broad SMARTS) is 1. The van der Waals surface area contributed by atoms with Gasteiger partial charge in [0.1, 0.15) is 0 Å². The Hall–Kier alpha value is -2.86. The van der Waals surface area contributed by atoms with Gasteiger partial charge >= 0.3 is 12.0 Å². The number of carbonyl (C=O) groups is 2. The SMILES string of the molecule is Cc1ccc(-c2c(C)c3c(c(C)c2C(OC(C)(C)C)C(=O)O)CN(C(=O)N2CCCC2)C3)cc1. The first-order chi connectivity index (χ1) is 16.0. The Morgan fingerprint density at radius 1 is 0.912 bits per heavy atom. The fourth-order valence-corrected chi connectivity index (χ4v) is 5.27. The Morgan fingerprint density at radius 2 is 1.47 bits per heavy atom. The van der Waals surface area contributed by atoms with Crippen LogP contribution in [-0.2, 0) is 22.6 Å². The zero-order chi connectivity index (χ0) is 24.8. The lowest BCUT2D eigenvalue weighted by Crippen LogP contribution is -2.38. The number of nitrogens with zero attached hydrogens (tertiary/aromatic N) is 2. The van der Waals surface area contributed by atoms with Gasteiger partial charge in [0.05, 0.1) is 5.60 Å². The highest BCUT2D eigenvalue weighted by atomic mass is 16.5. The van der Waals surface area contributed by atoms with Gasteiger partial charge in [-0.05, 0) is 87.8 Å². The van der Waals surface area contributed by atoms with Crippen molar-refractivity contribution in [1.82, 2.24) is 9.80 Å². The molecule has 2 heterocycles. The summed E-state index contributed by atoms with van der Waals surface area (Å²) in [6.07, 6.45) is 0.997. The molecule has 0 spiro atoms. The standard InChI is InChI=1S/C28H36N2O4/c1-17-9-11-20(12-10-17)23-18(2)21-15-30(27(33)29-13-7-8-14-29)16-22(21)19(3)24(23)25(26(31)32)34-28(4,5)6/h9-12,25H,7-8,13-16H2,1-6H3,(H,31,32). The van der Waals surface area contributed by atoms with Gasteiger partial charge in [0, 0.05) is 31.7 Å². The van der Waals surface area contributed by atoms with Crippen molar-refractivity contribution in [2.45, 2.75) is 79.2 Å². The summed E-state index contributed by atoms with van der Waals surface area (Å²) in [5.41, 5.74) is 7.20. The highest BCUT2D eigenvalue weighted by molar-refractivity contribution is 5.85. The molecular formula is C28H36N2O4. The van der Waals surface area contributed by atoms with E-state index in [4.69, 9.17) is 4.74 Å². The first kappa shape index (κ1) is 24.3. The lowest BCUT2D eigenvalue weighted by atomic mass is 9.83. The molecule has 0 radical (unpaired) electrons. The van der Waals surface area contributed by atoms with E-state index in [2.05, 4.69) is 6.92 Å². The molecule has 6 nitrogen and oxygen atoms in total. The van der Waals surface area contributed by atoms with Crippen LogP contribution in [0.15, 0.2) is 24.3 Å². The van der Waals surface area contributed by atoms with Gasteiger partial charge in [-0.1, -0.05) is 29.8 Å². The van der Waals surface area contributed by atoms with Gasteiger partial charge in [0.15, 0.2) is 6.10 Å². The molecule has 0 aliphatic carbocycles. The summed E-state index contributed by atoms with van der Waals surface area (Å²) in [5, 5.41) is 10.3. The van der Waals surface area contributed by atoms with Crippen LogP contribution in [0.4, 0.5) is 4.79 Å². The van der Waals surface area contributed by atoms with Crippen molar-refractivity contribution in [2.75, 3.05) is 13.1 Å². The van der Waals surface area contributed by atoms with Crippen LogP contribution in [0.3, 0.4) is 0 Å². The average molecular weight is 465 g/mol. The van der Waals surface area contributed by atoms with Crippen molar-refractivity contribution in [3.05, 3.63) is 57.6 Å². The molecule has 1 saturated heterocycles. The monoisotopic (exact) mass is 464 g/mol. The summed E-state index contributed by atoms with van der Waals surface area (Å²) < 4.78 is 6.13. The van der Waals surface area contributed by atoms with E-state index in [1.807, 2.05) is 68.7 Å². The lowest BCUT2D eigenvalue weighted by molar-refractivity contribution is -0.160. The van der Waals surface area contributed by atoms with E-state index in [-0.39, 0.29) is 6.03 Å². The first-order valence-electron chi connectivity index (χ1n) is 12.1. The number of aliphatic carboxylic acids is 1. The molecule has 4 rings (SSSR count). The molecule has 0 bridgehead atoms. The molecule has 0 saturated carbocycles. The molecule has 2 aromatic rings. The van der Waals surface area contributed by atoms with Crippen LogP contribution in [0.5, 0.6) is 0 Å². The molecular weight excluding hydrogens is 428 g/mol. The number of carbonyl (C=O) groups excluding carboxylic acids is 1. The normalized spacial score (nSPS) is 16.6. The minimum atomic E-state index is -1.11. The maximum atomic E-state index is 13.2.